The van der Waals surface area contributed by atoms with E-state index in [2.05, 4.69) is 14.1 Å². The van der Waals surface area contributed by atoms with Gasteiger partial charge in [0.2, 0.25) is 0 Å². The van der Waals surface area contributed by atoms with E-state index in [4.69, 9.17) is 9.47 Å². The molecule has 6 aliphatic heterocycles. The van der Waals surface area contributed by atoms with E-state index in [1.54, 1.807) is 21.9 Å². The SMILES string of the molecule is C[N+]12CCC(CC1)[C@@H](OC(=O)N(Cc1ccc(F)cc1)c1ccccc1)C2.C[N+]12CCC(CC1)[C@@H](OC(=O)N(Cc1ccccc1)c1ccccc1)C2.[I-].[I-]. The third-order valence-corrected chi connectivity index (χ3v) is 12.0. The molecule has 0 aliphatic carbocycles. The van der Waals surface area contributed by atoms with Crippen molar-refractivity contribution in [3.8, 4) is 0 Å². The van der Waals surface area contributed by atoms with E-state index in [1.807, 2.05) is 91.0 Å². The molecule has 11 heteroatoms. The van der Waals surface area contributed by atoms with Crippen molar-refractivity contribution in [2.24, 2.45) is 11.8 Å². The predicted octanol–water partition coefficient (Wildman–Crippen LogP) is 2.28. The molecule has 6 heterocycles. The van der Waals surface area contributed by atoms with Crippen LogP contribution < -0.4 is 57.8 Å². The van der Waals surface area contributed by atoms with Crippen molar-refractivity contribution in [2.75, 3.05) is 63.2 Å². The number of halogens is 3. The lowest BCUT2D eigenvalue weighted by Gasteiger charge is -2.49. The Morgan fingerprint density at radius 1 is 0.564 bits per heavy atom. The summed E-state index contributed by atoms with van der Waals surface area (Å²) >= 11 is 0. The highest BCUT2D eigenvalue weighted by atomic mass is 127. The summed E-state index contributed by atoms with van der Waals surface area (Å²) in [5.41, 5.74) is 3.63. The number of para-hydroxylation sites is 2. The molecule has 2 amide bonds. The van der Waals surface area contributed by atoms with Gasteiger partial charge in [0.1, 0.15) is 18.9 Å². The molecule has 0 saturated carbocycles. The average Bonchev–Trinajstić information content (AvgIpc) is 3.18. The van der Waals surface area contributed by atoms with E-state index in [0.29, 0.717) is 24.9 Å². The molecule has 4 aromatic carbocycles. The van der Waals surface area contributed by atoms with E-state index < -0.39 is 0 Å². The topological polar surface area (TPSA) is 59.1 Å². The molecule has 0 spiro atoms. The highest BCUT2D eigenvalue weighted by molar-refractivity contribution is 5.88. The molecule has 2 atom stereocenters. The van der Waals surface area contributed by atoms with Crippen LogP contribution in [0.1, 0.15) is 36.8 Å². The second kappa shape index (κ2) is 19.3. The molecule has 0 radical (unpaired) electrons. The van der Waals surface area contributed by atoms with E-state index in [1.165, 1.54) is 51.2 Å². The average molecular weight is 975 g/mol. The summed E-state index contributed by atoms with van der Waals surface area (Å²) in [5.74, 6) is 0.711. The predicted molar refractivity (Wildman–Crippen MR) is 206 cm³/mol. The Bertz CT molecular complexity index is 1810. The van der Waals surface area contributed by atoms with Crippen molar-refractivity contribution in [1.82, 2.24) is 0 Å². The Labute approximate surface area is 359 Å². The minimum absolute atomic E-state index is 0. The minimum Gasteiger partial charge on any atom is -1.00 e. The van der Waals surface area contributed by atoms with Gasteiger partial charge in [0.05, 0.1) is 53.4 Å². The molecule has 4 bridgehead atoms. The van der Waals surface area contributed by atoms with Gasteiger partial charge >= 0.3 is 12.2 Å². The number of fused-ring (bicyclic) bond motifs is 6. The zero-order valence-corrected chi connectivity index (χ0v) is 36.1. The number of carbonyl (C=O) groups is 2. The number of quaternary nitrogens is 2. The van der Waals surface area contributed by atoms with Crippen LogP contribution in [0.3, 0.4) is 0 Å². The summed E-state index contributed by atoms with van der Waals surface area (Å²) in [6.07, 6.45) is 4.04. The highest BCUT2D eigenvalue weighted by Gasteiger charge is 2.47. The van der Waals surface area contributed by atoms with Crippen molar-refractivity contribution in [3.63, 3.8) is 0 Å². The van der Waals surface area contributed by atoms with Crippen molar-refractivity contribution >= 4 is 23.6 Å². The fourth-order valence-electron chi connectivity index (χ4n) is 8.63. The first-order valence-corrected chi connectivity index (χ1v) is 19.2. The van der Waals surface area contributed by atoms with Crippen LogP contribution in [-0.2, 0) is 22.6 Å². The van der Waals surface area contributed by atoms with Gasteiger partial charge < -0.3 is 66.4 Å². The molecule has 0 aromatic heterocycles. The molecule has 294 valence electrons. The lowest BCUT2D eigenvalue weighted by molar-refractivity contribution is -0.928. The number of nitrogens with zero attached hydrogens (tertiary/aromatic N) is 4. The monoisotopic (exact) mass is 974 g/mol. The van der Waals surface area contributed by atoms with Gasteiger partial charge in [-0.2, -0.15) is 0 Å². The van der Waals surface area contributed by atoms with E-state index in [9.17, 15) is 14.0 Å². The molecular formula is C44H53FI2N4O4. The maximum atomic E-state index is 13.2. The number of piperidine rings is 6. The molecule has 10 rings (SSSR count). The summed E-state index contributed by atoms with van der Waals surface area (Å²) in [4.78, 5) is 29.6. The van der Waals surface area contributed by atoms with Gasteiger partial charge in [-0.3, -0.25) is 9.80 Å². The fraction of sp³-hybridized carbons (Fsp3) is 0.409. The Morgan fingerprint density at radius 3 is 1.27 bits per heavy atom. The van der Waals surface area contributed by atoms with Gasteiger partial charge in [-0.15, -0.1) is 0 Å². The molecule has 6 aliphatic rings. The fourth-order valence-corrected chi connectivity index (χ4v) is 8.63. The van der Waals surface area contributed by atoms with Crippen LogP contribution in [0.25, 0.3) is 0 Å². The van der Waals surface area contributed by atoms with E-state index in [0.717, 1.165) is 57.4 Å². The number of amides is 2. The first-order valence-electron chi connectivity index (χ1n) is 19.2. The van der Waals surface area contributed by atoms with Crippen LogP contribution in [0.15, 0.2) is 115 Å². The van der Waals surface area contributed by atoms with Crippen LogP contribution in [0.5, 0.6) is 0 Å². The summed E-state index contributed by atoms with van der Waals surface area (Å²) < 4.78 is 27.3. The zero-order valence-electron chi connectivity index (χ0n) is 31.8. The lowest BCUT2D eigenvalue weighted by atomic mass is 9.84. The largest absolute Gasteiger partial charge is 1.00 e. The van der Waals surface area contributed by atoms with Gasteiger partial charge in [0, 0.05) is 48.9 Å². The Hall–Kier alpha value is -3.27. The van der Waals surface area contributed by atoms with Crippen molar-refractivity contribution < 1.29 is 80.4 Å². The highest BCUT2D eigenvalue weighted by Crippen LogP contribution is 2.36. The number of rotatable bonds is 8. The molecule has 8 nitrogen and oxygen atoms in total. The number of anilines is 2. The van der Waals surface area contributed by atoms with E-state index >= 15 is 0 Å². The quantitative estimate of drug-likeness (QED) is 0.201. The van der Waals surface area contributed by atoms with E-state index in [-0.39, 0.29) is 78.2 Å². The summed E-state index contributed by atoms with van der Waals surface area (Å²) in [6, 6.07) is 35.7. The number of hydrogen-bond acceptors (Lipinski definition) is 4. The lowest BCUT2D eigenvalue weighted by Crippen LogP contribution is -3.00. The van der Waals surface area contributed by atoms with Crippen LogP contribution in [0.4, 0.5) is 25.4 Å². The maximum absolute atomic E-state index is 13.2. The summed E-state index contributed by atoms with van der Waals surface area (Å²) in [6.45, 7) is 7.50. The number of ether oxygens (including phenoxy) is 2. The van der Waals surface area contributed by atoms with Gasteiger partial charge in [0.15, 0.2) is 12.2 Å². The van der Waals surface area contributed by atoms with Crippen LogP contribution in [-0.4, -0.2) is 86.7 Å². The number of benzene rings is 4. The Balaban J connectivity index is 0.000000204. The van der Waals surface area contributed by atoms with Gasteiger partial charge in [0.25, 0.3) is 0 Å². The molecule has 6 fully saturated rings. The summed E-state index contributed by atoms with van der Waals surface area (Å²) in [5, 5.41) is 0. The summed E-state index contributed by atoms with van der Waals surface area (Å²) in [7, 11) is 4.54. The minimum atomic E-state index is -0.323. The number of likely N-dealkylation sites (N-methyl/N-ethyl adjacent to an activating group) is 2. The van der Waals surface area contributed by atoms with Gasteiger partial charge in [-0.05, 0) is 47.5 Å². The third-order valence-electron chi connectivity index (χ3n) is 12.0. The second-order valence-corrected chi connectivity index (χ2v) is 16.0. The molecule has 4 aromatic rings. The molecular weight excluding hydrogens is 921 g/mol. The Morgan fingerprint density at radius 2 is 0.909 bits per heavy atom. The normalized spacial score (nSPS) is 25.9. The van der Waals surface area contributed by atoms with Gasteiger partial charge in [-0.1, -0.05) is 78.9 Å². The molecule has 0 unspecified atom stereocenters. The molecule has 0 N–H and O–H groups in total. The van der Waals surface area contributed by atoms with Crippen molar-refractivity contribution in [3.05, 3.63) is 132 Å². The first kappa shape index (κ1) is 42.9. The number of hydrogen-bond donors (Lipinski definition) is 0. The third kappa shape index (κ3) is 11.0. The Kier molecular flexibility index (Phi) is 15.0. The maximum Gasteiger partial charge on any atom is 0.415 e. The zero-order chi connectivity index (χ0) is 36.8. The first-order chi connectivity index (χ1) is 25.7. The molecule has 6 saturated heterocycles. The second-order valence-electron chi connectivity index (χ2n) is 16.0. The van der Waals surface area contributed by atoms with Crippen LogP contribution >= 0.6 is 0 Å². The smallest absolute Gasteiger partial charge is 0.415 e. The van der Waals surface area contributed by atoms with Crippen LogP contribution in [0.2, 0.25) is 0 Å². The van der Waals surface area contributed by atoms with Crippen LogP contribution in [0, 0.1) is 17.7 Å². The van der Waals surface area contributed by atoms with Gasteiger partial charge in [-0.25, -0.2) is 14.0 Å². The van der Waals surface area contributed by atoms with Crippen molar-refractivity contribution in [1.29, 1.82) is 0 Å². The number of carbonyl (C=O) groups excluding carboxylic acids is 2. The molecule has 55 heavy (non-hydrogen) atoms. The standard InChI is InChI=1S/C22H26FN2O2.C22H27N2O2.2HI/c1-25-13-11-18(12-14-25)21(16-25)27-22(26)24(20-5-3-2-4-6-20)15-17-7-9-19(23)10-8-17;1-24-14-12-19(13-15-24)21(17-24)26-22(25)23(20-10-6-3-7-11-20)16-18-8-4-2-5-9-18;;/h2-10,18,21H,11-16H2,1H3;2-11,19,21H,12-17H2,1H3;2*1H/q2*+1;;/p-2/t18?,21-,25?;19?,21-,24?;;/m00../s1. The van der Waals surface area contributed by atoms with Crippen molar-refractivity contribution in [2.45, 2.75) is 51.0 Å².